The minimum Gasteiger partial charge on any atom is -0.484 e. The van der Waals surface area contributed by atoms with Gasteiger partial charge < -0.3 is 39.6 Å². The smallest absolute Gasteiger partial charge is 0.344 e. The third-order valence-corrected chi connectivity index (χ3v) is 5.17. The van der Waals surface area contributed by atoms with Gasteiger partial charge in [-0.3, -0.25) is 4.79 Å². The lowest BCUT2D eigenvalue weighted by Crippen LogP contribution is -2.50. The molecule has 0 saturated heterocycles. The van der Waals surface area contributed by atoms with Crippen molar-refractivity contribution in [3.05, 3.63) is 52.9 Å². The van der Waals surface area contributed by atoms with Crippen LogP contribution in [0.25, 0.3) is 21.7 Å². The maximum Gasteiger partial charge on any atom is 0.344 e. The monoisotopic (exact) mass is 447 g/mol. The summed E-state index contributed by atoms with van der Waals surface area (Å²) in [5.74, 6) is -0.242. The lowest BCUT2D eigenvalue weighted by molar-refractivity contribution is -0.139. The molecule has 1 heterocycles. The highest BCUT2D eigenvalue weighted by Crippen LogP contribution is 2.26. The van der Waals surface area contributed by atoms with E-state index in [9.17, 15) is 30.0 Å². The van der Waals surface area contributed by atoms with Crippen LogP contribution in [0, 0.1) is 0 Å². The van der Waals surface area contributed by atoms with Crippen LogP contribution < -0.4 is 10.4 Å². The van der Waals surface area contributed by atoms with Crippen LogP contribution in [-0.4, -0.2) is 87.6 Å². The van der Waals surface area contributed by atoms with Crippen LogP contribution in [0.2, 0.25) is 0 Å². The van der Waals surface area contributed by atoms with Gasteiger partial charge in [0.15, 0.2) is 6.61 Å². The van der Waals surface area contributed by atoms with Crippen LogP contribution in [0.1, 0.15) is 0 Å². The fourth-order valence-corrected chi connectivity index (χ4v) is 3.26. The second kappa shape index (κ2) is 10.1. The lowest BCUT2D eigenvalue weighted by atomic mass is 10.0. The number of aliphatic hydroxyl groups excluding tert-OH is 5. The highest BCUT2D eigenvalue weighted by atomic mass is 16.5. The van der Waals surface area contributed by atoms with Crippen LogP contribution in [0.3, 0.4) is 0 Å². The molecule has 3 aromatic rings. The first-order valence-electron chi connectivity index (χ1n) is 9.88. The molecule has 0 radical (unpaired) electrons. The van der Waals surface area contributed by atoms with E-state index in [4.69, 9.17) is 14.3 Å². The quantitative estimate of drug-likeness (QED) is 0.209. The van der Waals surface area contributed by atoms with Gasteiger partial charge in [0.2, 0.25) is 0 Å². The summed E-state index contributed by atoms with van der Waals surface area (Å²) in [6.07, 6.45) is -6.75. The Balaban J connectivity index is 1.64. The maximum atomic E-state index is 12.3. The summed E-state index contributed by atoms with van der Waals surface area (Å²) in [4.78, 5) is 25.6. The van der Waals surface area contributed by atoms with Crippen LogP contribution >= 0.6 is 0 Å². The molecule has 10 heteroatoms. The molecule has 0 unspecified atom stereocenters. The minimum atomic E-state index is -1.78. The van der Waals surface area contributed by atoms with Gasteiger partial charge in [-0.15, -0.1) is 0 Å². The third-order valence-electron chi connectivity index (χ3n) is 5.17. The van der Waals surface area contributed by atoms with E-state index in [1.807, 2.05) is 12.1 Å². The van der Waals surface area contributed by atoms with Gasteiger partial charge in [-0.1, -0.05) is 18.2 Å². The van der Waals surface area contributed by atoms with Crippen molar-refractivity contribution in [3.8, 4) is 5.75 Å². The molecule has 5 N–H and O–H groups in total. The van der Waals surface area contributed by atoms with Crippen molar-refractivity contribution in [3.63, 3.8) is 0 Å². The molecule has 2 aromatic carbocycles. The van der Waals surface area contributed by atoms with Crippen molar-refractivity contribution in [1.82, 2.24) is 4.90 Å². The van der Waals surface area contributed by atoms with Gasteiger partial charge in [0.05, 0.1) is 12.0 Å². The van der Waals surface area contributed by atoms with Gasteiger partial charge >= 0.3 is 5.63 Å². The number of amides is 1. The van der Waals surface area contributed by atoms with Crippen LogP contribution in [0.5, 0.6) is 5.75 Å². The van der Waals surface area contributed by atoms with Crippen molar-refractivity contribution >= 4 is 27.6 Å². The number of hydrogen-bond acceptors (Lipinski definition) is 9. The van der Waals surface area contributed by atoms with E-state index in [0.29, 0.717) is 16.7 Å². The van der Waals surface area contributed by atoms with Crippen LogP contribution in [0.15, 0.2) is 51.7 Å². The maximum absolute atomic E-state index is 12.3. The zero-order valence-corrected chi connectivity index (χ0v) is 17.3. The van der Waals surface area contributed by atoms with E-state index in [0.717, 1.165) is 15.7 Å². The predicted molar refractivity (Wildman–Crippen MR) is 114 cm³/mol. The number of hydrogen-bond donors (Lipinski definition) is 5. The zero-order valence-electron chi connectivity index (χ0n) is 17.3. The third kappa shape index (κ3) is 5.06. The Morgan fingerprint density at radius 2 is 1.66 bits per heavy atom. The summed E-state index contributed by atoms with van der Waals surface area (Å²) in [5.41, 5.74) is -0.177. The number of carbonyl (C=O) groups excluding carboxylic acids is 1. The van der Waals surface area contributed by atoms with Gasteiger partial charge in [-0.25, -0.2) is 4.79 Å². The van der Waals surface area contributed by atoms with Crippen molar-refractivity contribution in [2.24, 2.45) is 0 Å². The second-order valence-corrected chi connectivity index (χ2v) is 7.45. The first-order chi connectivity index (χ1) is 15.2. The Morgan fingerprint density at radius 3 is 2.34 bits per heavy atom. The normalized spacial score (nSPS) is 15.3. The average molecular weight is 447 g/mol. The molecule has 0 aliphatic rings. The first kappa shape index (κ1) is 23.6. The summed E-state index contributed by atoms with van der Waals surface area (Å²) in [5, 5.41) is 49.6. The second-order valence-electron chi connectivity index (χ2n) is 7.45. The fraction of sp³-hybridized carbons (Fsp3) is 0.364. The molecule has 3 rings (SSSR count). The van der Waals surface area contributed by atoms with E-state index in [1.54, 1.807) is 24.3 Å². The van der Waals surface area contributed by atoms with Crippen molar-refractivity contribution in [1.29, 1.82) is 0 Å². The molecule has 0 bridgehead atoms. The van der Waals surface area contributed by atoms with E-state index in [1.165, 1.54) is 13.1 Å². The largest absolute Gasteiger partial charge is 0.484 e. The molecular weight excluding hydrogens is 422 g/mol. The minimum absolute atomic E-state index is 0.291. The summed E-state index contributed by atoms with van der Waals surface area (Å²) >= 11 is 0. The Bertz CT molecular complexity index is 1150. The van der Waals surface area contributed by atoms with Gasteiger partial charge in [-0.2, -0.15) is 0 Å². The highest BCUT2D eigenvalue weighted by Gasteiger charge is 2.31. The molecule has 32 heavy (non-hydrogen) atoms. The summed E-state index contributed by atoms with van der Waals surface area (Å²) < 4.78 is 10.8. The highest BCUT2D eigenvalue weighted by molar-refractivity contribution is 6.04. The Morgan fingerprint density at radius 1 is 1.00 bits per heavy atom. The number of fused-ring (bicyclic) bond motifs is 3. The molecule has 1 aromatic heterocycles. The number of carbonyl (C=O) groups is 1. The number of ether oxygens (including phenoxy) is 1. The molecular formula is C22H25NO9. The van der Waals surface area contributed by atoms with Crippen LogP contribution in [0.4, 0.5) is 0 Å². The number of rotatable bonds is 9. The predicted octanol–water partition coefficient (Wildman–Crippen LogP) is -0.781. The van der Waals surface area contributed by atoms with Crippen molar-refractivity contribution in [2.75, 3.05) is 26.8 Å². The molecule has 172 valence electrons. The Labute approximate surface area is 182 Å². The molecule has 0 aliphatic carbocycles. The number of benzene rings is 2. The topological polar surface area (TPSA) is 161 Å². The molecule has 0 fully saturated rings. The number of likely N-dealkylation sites (N-methyl/N-ethyl adjacent to an activating group) is 1. The molecule has 0 spiro atoms. The molecule has 4 atom stereocenters. The van der Waals surface area contributed by atoms with E-state index < -0.39 is 49.2 Å². The Kier molecular flexibility index (Phi) is 7.44. The molecule has 0 aliphatic heterocycles. The number of aliphatic hydroxyl groups is 5. The van der Waals surface area contributed by atoms with Gasteiger partial charge in [-0.05, 0) is 23.6 Å². The van der Waals surface area contributed by atoms with Crippen molar-refractivity contribution in [2.45, 2.75) is 24.4 Å². The van der Waals surface area contributed by atoms with Gasteiger partial charge in [0.1, 0.15) is 35.7 Å². The van der Waals surface area contributed by atoms with Crippen LogP contribution in [-0.2, 0) is 4.79 Å². The van der Waals surface area contributed by atoms with Crippen molar-refractivity contribution < 1.29 is 39.5 Å². The Hall–Kier alpha value is -3.02. The van der Waals surface area contributed by atoms with Gasteiger partial charge in [0, 0.05) is 25.0 Å². The summed E-state index contributed by atoms with van der Waals surface area (Å²) in [7, 11) is 1.36. The van der Waals surface area contributed by atoms with Gasteiger partial charge in [0.25, 0.3) is 5.91 Å². The first-order valence-corrected chi connectivity index (χ1v) is 9.88. The average Bonchev–Trinajstić information content (AvgIpc) is 2.80. The van der Waals surface area contributed by atoms with E-state index in [2.05, 4.69) is 0 Å². The summed E-state index contributed by atoms with van der Waals surface area (Å²) in [6, 6.07) is 11.9. The lowest BCUT2D eigenvalue weighted by Gasteiger charge is -2.28. The zero-order chi connectivity index (χ0) is 23.4. The van der Waals surface area contributed by atoms with E-state index in [-0.39, 0.29) is 6.54 Å². The standard InChI is InChI=1S/C22H25NO9/c1-23(9-16(25)20(28)21(29)17(26)10-24)19(27)11-31-12-6-7-14-13-4-2-3-5-15(13)22(30)32-18(14)8-12/h2-8,16-17,20-21,24-26,28-29H,9-11H2,1H3/t16-,17+,20-,21+/m1/s1. The molecule has 1 amide bonds. The van der Waals surface area contributed by atoms with E-state index >= 15 is 0 Å². The SMILES string of the molecule is CN(C[C@@H](O)[C@@H](O)[C@@H](O)[C@@H](O)CO)C(=O)COc1ccc2c(c1)oc(=O)c1ccccc12. The molecule has 0 saturated carbocycles. The summed E-state index contributed by atoms with van der Waals surface area (Å²) in [6.45, 7) is -1.54. The number of nitrogens with zero attached hydrogens (tertiary/aromatic N) is 1. The molecule has 10 nitrogen and oxygen atoms in total. The fourth-order valence-electron chi connectivity index (χ4n) is 3.26.